The van der Waals surface area contributed by atoms with E-state index in [1.54, 1.807) is 0 Å². The zero-order valence-corrected chi connectivity index (χ0v) is 31.8. The van der Waals surface area contributed by atoms with Crippen molar-refractivity contribution >= 4 is 17.9 Å². The van der Waals surface area contributed by atoms with Gasteiger partial charge in [-0.2, -0.15) is 0 Å². The Balaban J connectivity index is 1.26. The Labute approximate surface area is 308 Å². The summed E-state index contributed by atoms with van der Waals surface area (Å²) in [6.07, 6.45) is 8.20. The van der Waals surface area contributed by atoms with Gasteiger partial charge in [-0.05, 0) is 146 Å². The van der Waals surface area contributed by atoms with Gasteiger partial charge in [0.05, 0.1) is 16.5 Å². The molecule has 4 fully saturated rings. The highest BCUT2D eigenvalue weighted by molar-refractivity contribution is 5.90. The molecule has 0 bridgehead atoms. The third kappa shape index (κ3) is 5.48. The SMILES string of the molecule is CC1(C)CC[C@]2(C(=O)O)CC=C3[C@]4(C)CC[C@H]5C(C)(C)[C@@H](OC(=O)c6ccc(O)cc6)[C@H](OC(=O)c6ccc(O)cc6)C[C@]5(C)[C@H]4CC[C@@]3(C)[C@H]2C1. The van der Waals surface area contributed by atoms with Crippen LogP contribution < -0.4 is 0 Å². The third-order valence-electron chi connectivity index (χ3n) is 15.3. The highest BCUT2D eigenvalue weighted by Gasteiger charge is 2.70. The molecule has 0 unspecified atom stereocenters. The molecule has 0 aliphatic heterocycles. The molecule has 2 aromatic rings. The Morgan fingerprint density at radius 1 is 0.654 bits per heavy atom. The van der Waals surface area contributed by atoms with Gasteiger partial charge in [0.2, 0.25) is 0 Å². The minimum absolute atomic E-state index is 0.0478. The Morgan fingerprint density at radius 3 is 1.73 bits per heavy atom. The van der Waals surface area contributed by atoms with Crippen molar-refractivity contribution in [1.82, 2.24) is 0 Å². The first-order chi connectivity index (χ1) is 24.3. The lowest BCUT2D eigenvalue weighted by Gasteiger charge is -2.70. The summed E-state index contributed by atoms with van der Waals surface area (Å²) in [4.78, 5) is 40.6. The van der Waals surface area contributed by atoms with Gasteiger partial charge in [0.1, 0.15) is 23.7 Å². The number of carbonyl (C=O) groups excluding carboxylic acids is 2. The molecule has 0 spiro atoms. The topological polar surface area (TPSA) is 130 Å². The fourth-order valence-corrected chi connectivity index (χ4v) is 12.9. The van der Waals surface area contributed by atoms with Gasteiger partial charge in [0.15, 0.2) is 0 Å². The van der Waals surface area contributed by atoms with Gasteiger partial charge < -0.3 is 24.8 Å². The van der Waals surface area contributed by atoms with Crippen LogP contribution >= 0.6 is 0 Å². The number of carbonyl (C=O) groups is 3. The Hall–Kier alpha value is -3.81. The second kappa shape index (κ2) is 12.1. The average molecular weight is 713 g/mol. The van der Waals surface area contributed by atoms with E-state index in [0.717, 1.165) is 38.5 Å². The fourth-order valence-electron chi connectivity index (χ4n) is 12.9. The molecular formula is C44H56O8. The maximum absolute atomic E-state index is 13.8. The van der Waals surface area contributed by atoms with Crippen LogP contribution in [0.5, 0.6) is 11.5 Å². The van der Waals surface area contributed by atoms with Crippen LogP contribution in [0.25, 0.3) is 0 Å². The van der Waals surface area contributed by atoms with Crippen LogP contribution in [0.4, 0.5) is 0 Å². The van der Waals surface area contributed by atoms with E-state index in [0.29, 0.717) is 30.4 Å². The summed E-state index contributed by atoms with van der Waals surface area (Å²) >= 11 is 0. The van der Waals surface area contributed by atoms with Crippen LogP contribution in [0.3, 0.4) is 0 Å². The maximum Gasteiger partial charge on any atom is 0.338 e. The van der Waals surface area contributed by atoms with E-state index in [-0.39, 0.29) is 50.9 Å². The lowest BCUT2D eigenvalue weighted by atomic mass is 9.34. The van der Waals surface area contributed by atoms with Gasteiger partial charge >= 0.3 is 17.9 Å². The predicted octanol–water partition coefficient (Wildman–Crippen LogP) is 9.35. The Bertz CT molecular complexity index is 1790. The lowest BCUT2D eigenvalue weighted by Crippen LogP contribution is -2.67. The van der Waals surface area contributed by atoms with E-state index in [1.165, 1.54) is 54.1 Å². The van der Waals surface area contributed by atoms with E-state index in [2.05, 4.69) is 54.5 Å². The quantitative estimate of drug-likeness (QED) is 0.207. The molecule has 3 N–H and O–H groups in total. The van der Waals surface area contributed by atoms with Crippen molar-refractivity contribution in [2.75, 3.05) is 0 Å². The summed E-state index contributed by atoms with van der Waals surface area (Å²) < 4.78 is 12.8. The molecule has 7 rings (SSSR count). The number of carboxylic acid groups (broad SMARTS) is 1. The summed E-state index contributed by atoms with van der Waals surface area (Å²) in [5.41, 5.74) is 0.159. The molecule has 4 saturated carbocycles. The summed E-state index contributed by atoms with van der Waals surface area (Å²) in [6.45, 7) is 16.0. The molecule has 0 heterocycles. The monoisotopic (exact) mass is 712 g/mol. The number of benzene rings is 2. The second-order valence-electron chi connectivity index (χ2n) is 19.1. The van der Waals surface area contributed by atoms with Crippen LogP contribution in [0.15, 0.2) is 60.2 Å². The first-order valence-corrected chi connectivity index (χ1v) is 19.2. The van der Waals surface area contributed by atoms with Crippen LogP contribution in [-0.2, 0) is 14.3 Å². The number of hydrogen-bond acceptors (Lipinski definition) is 7. The van der Waals surface area contributed by atoms with E-state index in [9.17, 15) is 29.7 Å². The minimum Gasteiger partial charge on any atom is -0.508 e. The number of phenols is 2. The van der Waals surface area contributed by atoms with Crippen molar-refractivity contribution in [3.05, 3.63) is 71.3 Å². The first kappa shape index (κ1) is 36.5. The van der Waals surface area contributed by atoms with E-state index in [1.807, 2.05) is 0 Å². The summed E-state index contributed by atoms with van der Waals surface area (Å²) in [5.74, 6) is -1.16. The number of fused-ring (bicyclic) bond motifs is 7. The molecule has 0 radical (unpaired) electrons. The van der Waals surface area contributed by atoms with Gasteiger partial charge in [-0.25, -0.2) is 9.59 Å². The highest BCUT2D eigenvalue weighted by atomic mass is 16.6. The lowest BCUT2D eigenvalue weighted by molar-refractivity contribution is -0.219. The zero-order valence-electron chi connectivity index (χ0n) is 31.8. The predicted molar refractivity (Wildman–Crippen MR) is 197 cm³/mol. The second-order valence-corrected chi connectivity index (χ2v) is 19.1. The highest BCUT2D eigenvalue weighted by Crippen LogP contribution is 2.75. The fraction of sp³-hybridized carbons (Fsp3) is 0.614. The van der Waals surface area contributed by atoms with Crippen LogP contribution in [0, 0.1) is 50.2 Å². The molecular weight excluding hydrogens is 656 g/mol. The van der Waals surface area contributed by atoms with Gasteiger partial charge in [-0.15, -0.1) is 0 Å². The number of rotatable bonds is 5. The van der Waals surface area contributed by atoms with Gasteiger partial charge in [-0.1, -0.05) is 60.1 Å². The number of hydrogen-bond donors (Lipinski definition) is 3. The molecule has 52 heavy (non-hydrogen) atoms. The van der Waals surface area contributed by atoms with Gasteiger partial charge in [0, 0.05) is 5.41 Å². The van der Waals surface area contributed by atoms with E-state index >= 15 is 0 Å². The smallest absolute Gasteiger partial charge is 0.338 e. The minimum atomic E-state index is -0.742. The van der Waals surface area contributed by atoms with Crippen molar-refractivity contribution in [1.29, 1.82) is 0 Å². The van der Waals surface area contributed by atoms with Crippen molar-refractivity contribution in [3.63, 3.8) is 0 Å². The number of aromatic hydroxyl groups is 2. The summed E-state index contributed by atoms with van der Waals surface area (Å²) in [5, 5.41) is 30.5. The molecule has 2 aromatic carbocycles. The third-order valence-corrected chi connectivity index (χ3v) is 15.3. The molecule has 0 saturated heterocycles. The average Bonchev–Trinajstić information content (AvgIpc) is 3.06. The van der Waals surface area contributed by atoms with Crippen LogP contribution in [-0.4, -0.2) is 45.4 Å². The van der Waals surface area contributed by atoms with E-state index < -0.39 is 40.9 Å². The molecule has 5 aliphatic rings. The van der Waals surface area contributed by atoms with Gasteiger partial charge in [0.25, 0.3) is 0 Å². The zero-order chi connectivity index (χ0) is 37.6. The summed E-state index contributed by atoms with van der Waals surface area (Å²) in [7, 11) is 0. The van der Waals surface area contributed by atoms with Gasteiger partial charge in [-0.3, -0.25) is 4.79 Å². The standard InChI is InChI=1S/C44H56O8/c1-39(2)22-23-44(38(49)50)21-18-32-41(5)19-16-31-40(3,4)35(52-37(48)27-10-14-29(46)15-11-27)30(51-36(47)26-8-12-28(45)13-9-26)24-43(31,7)33(41)17-20-42(32,6)34(44)25-39/h8-15,18,30-31,33-35,45-46H,16-17,19-25H2,1-7H3,(H,49,50)/t30-,31+,33+,34-,35+,41+,42-,43+,44-/m1/s1. The normalized spacial score (nSPS) is 38.6. The first-order valence-electron chi connectivity index (χ1n) is 19.2. The number of carboxylic acids is 1. The number of esters is 2. The Morgan fingerprint density at radius 2 is 1.17 bits per heavy atom. The molecule has 0 amide bonds. The van der Waals surface area contributed by atoms with Crippen molar-refractivity contribution in [2.45, 2.75) is 118 Å². The molecule has 8 heteroatoms. The molecule has 5 aliphatic carbocycles. The molecule has 9 atom stereocenters. The summed E-state index contributed by atoms with van der Waals surface area (Å²) in [6, 6.07) is 12.0. The number of phenolic OH excluding ortho intramolecular Hbond substituents is 2. The number of ether oxygens (including phenoxy) is 2. The molecule has 8 nitrogen and oxygen atoms in total. The Kier molecular flexibility index (Phi) is 8.51. The number of aliphatic carboxylic acids is 1. The van der Waals surface area contributed by atoms with Crippen LogP contribution in [0.2, 0.25) is 0 Å². The molecule has 0 aromatic heterocycles. The number of allylic oxidation sites excluding steroid dienone is 2. The van der Waals surface area contributed by atoms with Crippen molar-refractivity contribution in [3.8, 4) is 11.5 Å². The largest absolute Gasteiger partial charge is 0.508 e. The van der Waals surface area contributed by atoms with E-state index in [4.69, 9.17) is 9.47 Å². The van der Waals surface area contributed by atoms with Crippen molar-refractivity contribution in [2.24, 2.45) is 50.2 Å². The van der Waals surface area contributed by atoms with Crippen LogP contribution in [0.1, 0.15) is 127 Å². The molecule has 280 valence electrons. The maximum atomic E-state index is 13.8. The van der Waals surface area contributed by atoms with Crippen molar-refractivity contribution < 1.29 is 39.2 Å².